The molecule has 0 aromatic heterocycles. The van der Waals surface area contributed by atoms with Crippen molar-refractivity contribution in [2.75, 3.05) is 6.61 Å². The molecular formula is C7H12N2O3S. The van der Waals surface area contributed by atoms with Crippen LogP contribution in [0.5, 0.6) is 0 Å². The highest BCUT2D eigenvalue weighted by Crippen LogP contribution is 1.90. The van der Waals surface area contributed by atoms with E-state index < -0.39 is 12.0 Å². The third-order valence-electron chi connectivity index (χ3n) is 1.15. The number of rotatable bonds is 4. The van der Waals surface area contributed by atoms with Crippen molar-refractivity contribution in [3.05, 3.63) is 0 Å². The van der Waals surface area contributed by atoms with Crippen LogP contribution in [0.1, 0.15) is 13.8 Å². The molecule has 0 saturated carbocycles. The molecule has 13 heavy (non-hydrogen) atoms. The number of nitrogens with two attached hydrogens (primary N) is 1. The Kier molecular flexibility index (Phi) is 4.98. The van der Waals surface area contributed by atoms with Crippen LogP contribution in [0.15, 0.2) is 0 Å². The molecule has 6 heteroatoms. The highest BCUT2D eigenvalue weighted by atomic mass is 32.1. The van der Waals surface area contributed by atoms with E-state index >= 15 is 0 Å². The van der Waals surface area contributed by atoms with Crippen molar-refractivity contribution in [1.82, 2.24) is 5.32 Å². The number of esters is 1. The lowest BCUT2D eigenvalue weighted by Gasteiger charge is -2.14. The average Bonchev–Trinajstić information content (AvgIpc) is 1.99. The van der Waals surface area contributed by atoms with E-state index in [2.05, 4.69) is 22.3 Å². The van der Waals surface area contributed by atoms with Crippen LogP contribution in [0.4, 0.5) is 0 Å². The largest absolute Gasteiger partial charge is 0.464 e. The molecule has 0 aromatic carbocycles. The van der Waals surface area contributed by atoms with Crippen molar-refractivity contribution in [2.24, 2.45) is 5.73 Å². The topological polar surface area (TPSA) is 81.4 Å². The Morgan fingerprint density at radius 1 is 1.62 bits per heavy atom. The number of ether oxygens (including phenoxy) is 1. The summed E-state index contributed by atoms with van der Waals surface area (Å²) >= 11 is 4.59. The van der Waals surface area contributed by atoms with Gasteiger partial charge in [0.15, 0.2) is 6.04 Å². The van der Waals surface area contributed by atoms with Gasteiger partial charge in [-0.2, -0.15) is 0 Å². The van der Waals surface area contributed by atoms with Crippen LogP contribution in [0, 0.1) is 0 Å². The van der Waals surface area contributed by atoms with E-state index in [0.717, 1.165) is 0 Å². The minimum atomic E-state index is -1.02. The van der Waals surface area contributed by atoms with Crippen molar-refractivity contribution in [1.29, 1.82) is 0 Å². The summed E-state index contributed by atoms with van der Waals surface area (Å²) in [7, 11) is 0. The van der Waals surface area contributed by atoms with Gasteiger partial charge in [-0.15, -0.1) is 0 Å². The van der Waals surface area contributed by atoms with Crippen LogP contribution < -0.4 is 11.1 Å². The van der Waals surface area contributed by atoms with Crippen LogP contribution in [0.2, 0.25) is 0 Å². The Hall–Kier alpha value is -1.17. The van der Waals surface area contributed by atoms with Crippen LogP contribution >= 0.6 is 12.2 Å². The van der Waals surface area contributed by atoms with Crippen molar-refractivity contribution in [3.63, 3.8) is 0 Å². The first-order valence-corrected chi connectivity index (χ1v) is 4.13. The lowest BCUT2D eigenvalue weighted by molar-refractivity contribution is -0.145. The Labute approximate surface area is 81.6 Å². The molecule has 0 radical (unpaired) electrons. The predicted molar refractivity (Wildman–Crippen MR) is 51.0 cm³/mol. The summed E-state index contributed by atoms with van der Waals surface area (Å²) in [6.07, 6.45) is 0. The van der Waals surface area contributed by atoms with Crippen LogP contribution in [-0.2, 0) is 14.3 Å². The Morgan fingerprint density at radius 3 is 2.46 bits per heavy atom. The Balaban J connectivity index is 4.32. The van der Waals surface area contributed by atoms with E-state index in [4.69, 9.17) is 5.73 Å². The SMILES string of the molecule is CCOC(=O)[C@@H](NC(C)=O)C(N)=S. The standard InChI is InChI=1S/C7H12N2O3S/c1-3-12-7(11)5(6(8)13)9-4(2)10/h5H,3H2,1-2H3,(H2,8,13)(H,9,10)/t5-/m0/s1. The summed E-state index contributed by atoms with van der Waals surface area (Å²) in [5.74, 6) is -1.02. The molecule has 0 rings (SSSR count). The normalized spacial score (nSPS) is 11.5. The zero-order valence-electron chi connectivity index (χ0n) is 7.49. The van der Waals surface area contributed by atoms with Gasteiger partial charge in [-0.3, -0.25) is 4.79 Å². The summed E-state index contributed by atoms with van der Waals surface area (Å²) in [6.45, 7) is 3.14. The first kappa shape index (κ1) is 11.8. The average molecular weight is 204 g/mol. The predicted octanol–water partition coefficient (Wildman–Crippen LogP) is -0.660. The number of carbonyl (C=O) groups is 2. The monoisotopic (exact) mass is 204 g/mol. The second kappa shape index (κ2) is 5.47. The summed E-state index contributed by atoms with van der Waals surface area (Å²) < 4.78 is 4.65. The number of hydrogen-bond donors (Lipinski definition) is 2. The van der Waals surface area contributed by atoms with E-state index in [1.54, 1.807) is 6.92 Å². The molecule has 0 aliphatic heterocycles. The number of amides is 1. The molecule has 0 bridgehead atoms. The first-order chi connectivity index (χ1) is 5.99. The van der Waals surface area contributed by atoms with Gasteiger partial charge in [0.1, 0.15) is 4.99 Å². The molecular weight excluding hydrogens is 192 g/mol. The minimum Gasteiger partial charge on any atom is -0.464 e. The van der Waals surface area contributed by atoms with Crippen molar-refractivity contribution < 1.29 is 14.3 Å². The number of hydrogen-bond acceptors (Lipinski definition) is 4. The fraction of sp³-hybridized carbons (Fsp3) is 0.571. The van der Waals surface area contributed by atoms with Gasteiger partial charge in [-0.05, 0) is 6.92 Å². The second-order valence-electron chi connectivity index (χ2n) is 2.29. The van der Waals surface area contributed by atoms with E-state index in [1.165, 1.54) is 6.92 Å². The number of thiocarbonyl (C=S) groups is 1. The van der Waals surface area contributed by atoms with Gasteiger partial charge in [-0.1, -0.05) is 12.2 Å². The van der Waals surface area contributed by atoms with Gasteiger partial charge < -0.3 is 15.8 Å². The van der Waals surface area contributed by atoms with Gasteiger partial charge in [0, 0.05) is 6.92 Å². The van der Waals surface area contributed by atoms with Gasteiger partial charge in [0.2, 0.25) is 5.91 Å². The Bertz CT molecular complexity index is 230. The minimum absolute atomic E-state index is 0.103. The fourth-order valence-corrected chi connectivity index (χ4v) is 0.830. The highest BCUT2D eigenvalue weighted by molar-refractivity contribution is 7.80. The van der Waals surface area contributed by atoms with E-state index in [1.807, 2.05) is 0 Å². The van der Waals surface area contributed by atoms with E-state index in [-0.39, 0.29) is 17.5 Å². The molecule has 3 N–H and O–H groups in total. The number of nitrogens with one attached hydrogen (secondary N) is 1. The van der Waals surface area contributed by atoms with Gasteiger partial charge in [0.25, 0.3) is 0 Å². The summed E-state index contributed by atoms with van der Waals surface area (Å²) in [5, 5.41) is 2.28. The second-order valence-corrected chi connectivity index (χ2v) is 2.76. The molecule has 0 heterocycles. The smallest absolute Gasteiger partial charge is 0.335 e. The highest BCUT2D eigenvalue weighted by Gasteiger charge is 2.23. The van der Waals surface area contributed by atoms with Crippen molar-refractivity contribution >= 4 is 29.1 Å². The van der Waals surface area contributed by atoms with Gasteiger partial charge >= 0.3 is 5.97 Å². The van der Waals surface area contributed by atoms with E-state index in [0.29, 0.717) is 0 Å². The maximum absolute atomic E-state index is 11.1. The molecule has 1 atom stereocenters. The third kappa shape index (κ3) is 4.41. The van der Waals surface area contributed by atoms with Gasteiger partial charge in [-0.25, -0.2) is 4.79 Å². The molecule has 0 unspecified atom stereocenters. The molecule has 0 aliphatic rings. The molecule has 0 aromatic rings. The molecule has 5 nitrogen and oxygen atoms in total. The summed E-state index contributed by atoms with van der Waals surface area (Å²) in [6, 6.07) is -1.02. The fourth-order valence-electron chi connectivity index (χ4n) is 0.675. The maximum atomic E-state index is 11.1. The van der Waals surface area contributed by atoms with Gasteiger partial charge in [0.05, 0.1) is 6.61 Å². The molecule has 74 valence electrons. The lowest BCUT2D eigenvalue weighted by atomic mass is 10.3. The zero-order valence-corrected chi connectivity index (χ0v) is 8.31. The van der Waals surface area contributed by atoms with Crippen molar-refractivity contribution in [2.45, 2.75) is 19.9 Å². The molecule has 0 aliphatic carbocycles. The number of carbonyl (C=O) groups excluding carboxylic acids is 2. The van der Waals surface area contributed by atoms with Crippen LogP contribution in [0.3, 0.4) is 0 Å². The van der Waals surface area contributed by atoms with Crippen LogP contribution in [0.25, 0.3) is 0 Å². The molecule has 0 spiro atoms. The molecule has 1 amide bonds. The Morgan fingerprint density at radius 2 is 2.15 bits per heavy atom. The van der Waals surface area contributed by atoms with Crippen molar-refractivity contribution in [3.8, 4) is 0 Å². The third-order valence-corrected chi connectivity index (χ3v) is 1.39. The zero-order chi connectivity index (χ0) is 10.4. The lowest BCUT2D eigenvalue weighted by Crippen LogP contribution is -2.48. The van der Waals surface area contributed by atoms with E-state index in [9.17, 15) is 9.59 Å². The quantitative estimate of drug-likeness (QED) is 0.469. The van der Waals surface area contributed by atoms with Crippen LogP contribution in [-0.4, -0.2) is 29.5 Å². The maximum Gasteiger partial charge on any atom is 0.335 e. The molecule has 0 fully saturated rings. The summed E-state index contributed by atoms with van der Waals surface area (Å²) in [5.41, 5.74) is 5.23. The summed E-state index contributed by atoms with van der Waals surface area (Å²) in [4.78, 5) is 21.6. The first-order valence-electron chi connectivity index (χ1n) is 3.72. The molecule has 0 saturated heterocycles.